The van der Waals surface area contributed by atoms with Gasteiger partial charge in [0.2, 0.25) is 5.91 Å². The molecule has 0 fully saturated rings. The van der Waals surface area contributed by atoms with Gasteiger partial charge in [-0.25, -0.2) is 4.98 Å². The van der Waals surface area contributed by atoms with Crippen LogP contribution in [0.5, 0.6) is 0 Å². The highest BCUT2D eigenvalue weighted by molar-refractivity contribution is 6.16. The van der Waals surface area contributed by atoms with E-state index in [0.29, 0.717) is 30.0 Å². The Morgan fingerprint density at radius 2 is 2.37 bits per heavy atom. The van der Waals surface area contributed by atoms with Crippen LogP contribution in [0.1, 0.15) is 18.3 Å². The molecule has 1 aromatic heterocycles. The van der Waals surface area contributed by atoms with Crippen LogP contribution in [0.25, 0.3) is 11.0 Å². The van der Waals surface area contributed by atoms with E-state index in [9.17, 15) is 4.79 Å². The van der Waals surface area contributed by atoms with Crippen molar-refractivity contribution in [2.45, 2.75) is 19.3 Å². The Morgan fingerprint density at radius 1 is 1.58 bits per heavy atom. The lowest BCUT2D eigenvalue weighted by molar-refractivity contribution is -0.118. The minimum Gasteiger partial charge on any atom is -0.355 e. The second-order valence-electron chi connectivity index (χ2n) is 4.08. The van der Waals surface area contributed by atoms with Crippen LogP contribution in [-0.4, -0.2) is 22.0 Å². The number of carbonyl (C=O) groups is 1. The summed E-state index contributed by atoms with van der Waals surface area (Å²) in [6, 6.07) is 7.56. The van der Waals surface area contributed by atoms with E-state index in [2.05, 4.69) is 16.4 Å². The topological polar surface area (TPSA) is 70.7 Å². The molecule has 0 saturated carbocycles. The zero-order chi connectivity index (χ0) is 13.8. The molecule has 5 nitrogen and oxygen atoms in total. The van der Waals surface area contributed by atoms with Gasteiger partial charge in [0.25, 0.3) is 0 Å². The molecular formula is C13H13ClN4O. The second kappa shape index (κ2) is 5.72. The van der Waals surface area contributed by atoms with Crippen molar-refractivity contribution in [3.8, 4) is 6.07 Å². The molecule has 0 aliphatic heterocycles. The van der Waals surface area contributed by atoms with Gasteiger partial charge in [-0.3, -0.25) is 4.79 Å². The average molecular weight is 277 g/mol. The summed E-state index contributed by atoms with van der Waals surface area (Å²) in [5.41, 5.74) is 2.05. The molecule has 2 aromatic rings. The smallest absolute Gasteiger partial charge is 0.216 e. The highest BCUT2D eigenvalue weighted by Gasteiger charge is 2.12. The number of rotatable bonds is 4. The number of hydrogen-bond donors (Lipinski definition) is 1. The Hall–Kier alpha value is -2.06. The molecule has 0 aliphatic carbocycles. The van der Waals surface area contributed by atoms with E-state index in [1.165, 1.54) is 6.92 Å². The van der Waals surface area contributed by atoms with E-state index in [4.69, 9.17) is 16.9 Å². The van der Waals surface area contributed by atoms with Crippen LogP contribution in [0.2, 0.25) is 0 Å². The standard InChI is InChI=1S/C13H13ClN4O/c1-9(19)16-5-6-18-11-4-2-3-10(8-15)13(11)17-12(18)7-14/h2-4H,5-7H2,1H3,(H,16,19). The predicted octanol–water partition coefficient (Wildman–Crippen LogP) is 1.78. The Balaban J connectivity index is 2.41. The van der Waals surface area contributed by atoms with Crippen LogP contribution >= 0.6 is 11.6 Å². The number of nitrogens with one attached hydrogen (secondary N) is 1. The van der Waals surface area contributed by atoms with Gasteiger partial charge in [0, 0.05) is 20.0 Å². The van der Waals surface area contributed by atoms with Crippen molar-refractivity contribution in [3.63, 3.8) is 0 Å². The molecule has 0 saturated heterocycles. The summed E-state index contributed by atoms with van der Waals surface area (Å²) in [6.45, 7) is 2.55. The van der Waals surface area contributed by atoms with Crippen LogP contribution in [0.3, 0.4) is 0 Å². The van der Waals surface area contributed by atoms with Gasteiger partial charge in [-0.2, -0.15) is 5.26 Å². The lowest BCUT2D eigenvalue weighted by Gasteiger charge is -2.08. The maximum atomic E-state index is 10.9. The fourth-order valence-electron chi connectivity index (χ4n) is 1.98. The van der Waals surface area contributed by atoms with Crippen molar-refractivity contribution in [1.82, 2.24) is 14.9 Å². The Labute approximate surface area is 115 Å². The van der Waals surface area contributed by atoms with Crippen LogP contribution in [-0.2, 0) is 17.2 Å². The monoisotopic (exact) mass is 276 g/mol. The quantitative estimate of drug-likeness (QED) is 0.866. The van der Waals surface area contributed by atoms with Gasteiger partial charge in [-0.1, -0.05) is 6.07 Å². The molecule has 1 amide bonds. The number of imidazole rings is 1. The number of amides is 1. The minimum absolute atomic E-state index is 0.0745. The van der Waals surface area contributed by atoms with Gasteiger partial charge in [-0.05, 0) is 12.1 Å². The molecule has 1 N–H and O–H groups in total. The van der Waals surface area contributed by atoms with Gasteiger partial charge < -0.3 is 9.88 Å². The SMILES string of the molecule is CC(=O)NCCn1c(CCl)nc2c(C#N)cccc21. The maximum Gasteiger partial charge on any atom is 0.216 e. The summed E-state index contributed by atoms with van der Waals surface area (Å²) in [5, 5.41) is 11.8. The highest BCUT2D eigenvalue weighted by atomic mass is 35.5. The van der Waals surface area contributed by atoms with Crippen molar-refractivity contribution < 1.29 is 4.79 Å². The molecule has 0 radical (unpaired) electrons. The van der Waals surface area contributed by atoms with Gasteiger partial charge >= 0.3 is 0 Å². The lowest BCUT2D eigenvalue weighted by atomic mass is 10.2. The van der Waals surface area contributed by atoms with Crippen LogP contribution < -0.4 is 5.32 Å². The molecule has 19 heavy (non-hydrogen) atoms. The second-order valence-corrected chi connectivity index (χ2v) is 4.35. The van der Waals surface area contributed by atoms with E-state index in [1.54, 1.807) is 6.07 Å². The number of para-hydroxylation sites is 1. The van der Waals surface area contributed by atoms with E-state index in [0.717, 1.165) is 5.52 Å². The summed E-state index contributed by atoms with van der Waals surface area (Å²) >= 11 is 5.89. The van der Waals surface area contributed by atoms with Crippen molar-refractivity contribution in [1.29, 1.82) is 5.26 Å². The minimum atomic E-state index is -0.0745. The van der Waals surface area contributed by atoms with Crippen LogP contribution in [0.15, 0.2) is 18.2 Å². The molecule has 0 unspecified atom stereocenters. The third-order valence-electron chi connectivity index (χ3n) is 2.81. The van der Waals surface area contributed by atoms with Gasteiger partial charge in [-0.15, -0.1) is 11.6 Å². The first-order valence-corrected chi connectivity index (χ1v) is 6.39. The molecule has 0 spiro atoms. The maximum absolute atomic E-state index is 10.9. The van der Waals surface area contributed by atoms with Gasteiger partial charge in [0.15, 0.2) is 0 Å². The molecule has 1 aromatic carbocycles. The number of hydrogen-bond acceptors (Lipinski definition) is 3. The first-order valence-electron chi connectivity index (χ1n) is 5.86. The molecule has 0 aliphatic rings. The molecule has 0 atom stereocenters. The number of nitrogens with zero attached hydrogens (tertiary/aromatic N) is 3. The van der Waals surface area contributed by atoms with Gasteiger partial charge in [0.1, 0.15) is 17.4 Å². The fourth-order valence-corrected chi connectivity index (χ4v) is 2.18. The number of carbonyl (C=O) groups excluding carboxylic acids is 1. The normalized spacial score (nSPS) is 10.4. The molecule has 0 bridgehead atoms. The summed E-state index contributed by atoms with van der Waals surface area (Å²) in [6.07, 6.45) is 0. The first-order chi connectivity index (χ1) is 9.17. The van der Waals surface area contributed by atoms with Crippen molar-refractivity contribution in [2.75, 3.05) is 6.54 Å². The largest absolute Gasteiger partial charge is 0.355 e. The fraction of sp³-hybridized carbons (Fsp3) is 0.308. The number of fused-ring (bicyclic) bond motifs is 1. The summed E-state index contributed by atoms with van der Waals surface area (Å²) < 4.78 is 1.93. The third-order valence-corrected chi connectivity index (χ3v) is 3.05. The average Bonchev–Trinajstić information content (AvgIpc) is 2.76. The zero-order valence-electron chi connectivity index (χ0n) is 10.5. The van der Waals surface area contributed by atoms with Crippen LogP contribution in [0.4, 0.5) is 0 Å². The predicted molar refractivity (Wildman–Crippen MR) is 72.7 cm³/mol. The molecular weight excluding hydrogens is 264 g/mol. The Kier molecular flexibility index (Phi) is 4.03. The Bertz CT molecular complexity index is 656. The number of alkyl halides is 1. The van der Waals surface area contributed by atoms with E-state index < -0.39 is 0 Å². The molecule has 6 heteroatoms. The van der Waals surface area contributed by atoms with Crippen LogP contribution in [0, 0.1) is 11.3 Å². The van der Waals surface area contributed by atoms with Gasteiger partial charge in [0.05, 0.1) is 17.0 Å². The number of nitriles is 1. The number of benzene rings is 1. The first kappa shape index (κ1) is 13.4. The summed E-state index contributed by atoms with van der Waals surface area (Å²) in [7, 11) is 0. The number of aromatic nitrogens is 2. The zero-order valence-corrected chi connectivity index (χ0v) is 11.2. The molecule has 1 heterocycles. The third kappa shape index (κ3) is 2.69. The van der Waals surface area contributed by atoms with E-state index >= 15 is 0 Å². The number of halogens is 1. The molecule has 2 rings (SSSR count). The molecule has 98 valence electrons. The Morgan fingerprint density at radius 3 is 3.00 bits per heavy atom. The van der Waals surface area contributed by atoms with E-state index in [1.807, 2.05) is 16.7 Å². The van der Waals surface area contributed by atoms with E-state index in [-0.39, 0.29) is 11.8 Å². The van der Waals surface area contributed by atoms with Crippen molar-refractivity contribution >= 4 is 28.5 Å². The van der Waals surface area contributed by atoms with Crippen molar-refractivity contribution in [2.24, 2.45) is 0 Å². The summed E-state index contributed by atoms with van der Waals surface area (Å²) in [4.78, 5) is 15.3. The highest BCUT2D eigenvalue weighted by Crippen LogP contribution is 2.20. The summed E-state index contributed by atoms with van der Waals surface area (Å²) in [5.74, 6) is 0.888. The van der Waals surface area contributed by atoms with Crippen molar-refractivity contribution in [3.05, 3.63) is 29.6 Å². The lowest BCUT2D eigenvalue weighted by Crippen LogP contribution is -2.24.